The lowest BCUT2D eigenvalue weighted by Gasteiger charge is -1.92. The first-order valence-electron chi connectivity index (χ1n) is 4.91. The molecule has 0 radical (unpaired) electrons. The summed E-state index contributed by atoms with van der Waals surface area (Å²) in [6, 6.07) is 2.47. The fraction of sp³-hybridized carbons (Fsp3) is 0.700. The molecular weight excluding hydrogens is 200 g/mol. The molecule has 0 spiro atoms. The second-order valence-corrected chi connectivity index (χ2v) is 7.48. The number of allylic oxidation sites excluding steroid dienone is 1. The van der Waals surface area contributed by atoms with Crippen molar-refractivity contribution in [3.8, 4) is 0 Å². The summed E-state index contributed by atoms with van der Waals surface area (Å²) < 4.78 is 0. The Morgan fingerprint density at radius 1 is 1.31 bits per heavy atom. The molecule has 0 aliphatic carbocycles. The largest absolute Gasteiger partial charge is 0.303 e. The van der Waals surface area contributed by atoms with E-state index in [4.69, 9.17) is 11.1 Å². The summed E-state index contributed by atoms with van der Waals surface area (Å²) in [5, 5.41) is 0. The van der Waals surface area contributed by atoms with Crippen molar-refractivity contribution >= 4 is 25.5 Å². The van der Waals surface area contributed by atoms with Gasteiger partial charge in [0.1, 0.15) is 14.4 Å². The molecule has 0 bridgehead atoms. The minimum absolute atomic E-state index is 0.673. The van der Waals surface area contributed by atoms with E-state index in [1.807, 2.05) is 6.08 Å². The predicted octanol–water partition coefficient (Wildman–Crippen LogP) is 3.53. The number of aldehydes is 1. The molecule has 0 aromatic carbocycles. The topological polar surface area (TPSA) is 17.1 Å². The Morgan fingerprint density at radius 2 is 1.85 bits per heavy atom. The number of unbranched alkanes of at least 4 members (excludes halogenated alkanes) is 2. The Labute approximate surface area is 88.5 Å². The van der Waals surface area contributed by atoms with Crippen molar-refractivity contribution in [3.05, 3.63) is 12.7 Å². The van der Waals surface area contributed by atoms with Crippen molar-refractivity contribution in [3.63, 3.8) is 0 Å². The summed E-state index contributed by atoms with van der Waals surface area (Å²) in [6.07, 6.45) is 5.34. The lowest BCUT2D eigenvalue weighted by Crippen LogP contribution is -1.95. The highest BCUT2D eigenvalue weighted by molar-refractivity contribution is 7.06. The maximum atomic E-state index is 9.65. The van der Waals surface area contributed by atoms with E-state index in [2.05, 4.69) is 20.4 Å². The van der Waals surface area contributed by atoms with Crippen molar-refractivity contribution in [1.82, 2.24) is 0 Å². The molecule has 0 atom stereocenters. The Bertz CT molecular complexity index is 105. The van der Waals surface area contributed by atoms with E-state index in [-0.39, 0.29) is 0 Å². The first kappa shape index (κ1) is 15.4. The van der Waals surface area contributed by atoms with Gasteiger partial charge in [-0.25, -0.2) is 0 Å². The van der Waals surface area contributed by atoms with Crippen molar-refractivity contribution in [2.24, 2.45) is 0 Å². The molecule has 0 unspecified atom stereocenters. The Kier molecular flexibility index (Phi) is 17.1. The molecule has 0 fully saturated rings. The number of halogens is 1. The second-order valence-electron chi connectivity index (χ2n) is 2.80. The molecule has 1 nitrogen and oxygen atoms in total. The van der Waals surface area contributed by atoms with Gasteiger partial charge in [0.05, 0.1) is 0 Å². The summed E-state index contributed by atoms with van der Waals surface area (Å²) >= 11 is 5.79. The summed E-state index contributed by atoms with van der Waals surface area (Å²) in [6.45, 7) is 7.84. The number of hydrogen-bond acceptors (Lipinski definition) is 1. The van der Waals surface area contributed by atoms with E-state index < -0.39 is 8.11 Å². The maximum Gasteiger partial charge on any atom is 0.140 e. The van der Waals surface area contributed by atoms with E-state index >= 15 is 0 Å². The Hall–Kier alpha value is -0.0831. The molecule has 0 amide bonds. The summed E-state index contributed by atoms with van der Waals surface area (Å²) in [7, 11) is -0.688. The monoisotopic (exact) mass is 220 g/mol. The van der Waals surface area contributed by atoms with Crippen molar-refractivity contribution in [2.45, 2.75) is 45.2 Å². The molecular formula is C10H21ClOSi. The molecule has 0 N–H and O–H groups in total. The van der Waals surface area contributed by atoms with Gasteiger partial charge in [0, 0.05) is 6.42 Å². The first-order valence-corrected chi connectivity index (χ1v) is 8.29. The minimum atomic E-state index is -0.688. The van der Waals surface area contributed by atoms with Gasteiger partial charge in [-0.05, 0) is 24.9 Å². The van der Waals surface area contributed by atoms with Crippen molar-refractivity contribution < 1.29 is 4.79 Å². The average molecular weight is 221 g/mol. The average Bonchev–Trinajstić information content (AvgIpc) is 2.18. The molecule has 0 aromatic heterocycles. The third-order valence-corrected chi connectivity index (χ3v) is 5.24. The smallest absolute Gasteiger partial charge is 0.140 e. The zero-order chi connectivity index (χ0) is 10.5. The molecule has 0 heterocycles. The number of carbonyl (C=O) groups excluding carboxylic acids is 1. The van der Waals surface area contributed by atoms with E-state index in [0.717, 1.165) is 19.1 Å². The van der Waals surface area contributed by atoms with E-state index in [0.29, 0.717) is 6.42 Å². The summed E-state index contributed by atoms with van der Waals surface area (Å²) in [5.41, 5.74) is 0. The van der Waals surface area contributed by atoms with Crippen LogP contribution in [0.5, 0.6) is 0 Å². The fourth-order valence-corrected chi connectivity index (χ4v) is 1.21. The molecule has 0 saturated heterocycles. The van der Waals surface area contributed by atoms with Crippen LogP contribution in [0.25, 0.3) is 0 Å². The molecule has 0 aliphatic heterocycles. The van der Waals surface area contributed by atoms with Crippen LogP contribution in [0, 0.1) is 0 Å². The van der Waals surface area contributed by atoms with Gasteiger partial charge in [0.2, 0.25) is 0 Å². The highest BCUT2D eigenvalue weighted by atomic mass is 35.6. The minimum Gasteiger partial charge on any atom is -0.303 e. The normalized spacial score (nSPS) is 8.92. The third-order valence-electron chi connectivity index (χ3n) is 1.62. The Balaban J connectivity index is 0. The fourth-order valence-electron chi connectivity index (χ4n) is 0.634. The summed E-state index contributed by atoms with van der Waals surface area (Å²) in [4.78, 5) is 9.65. The van der Waals surface area contributed by atoms with E-state index in [1.54, 1.807) is 0 Å². The van der Waals surface area contributed by atoms with Gasteiger partial charge in [-0.3, -0.25) is 0 Å². The lowest BCUT2D eigenvalue weighted by molar-refractivity contribution is -0.107. The van der Waals surface area contributed by atoms with Gasteiger partial charge >= 0.3 is 0 Å². The predicted molar refractivity (Wildman–Crippen MR) is 64.1 cm³/mol. The van der Waals surface area contributed by atoms with E-state index in [1.165, 1.54) is 12.1 Å². The van der Waals surface area contributed by atoms with Crippen LogP contribution in [0.2, 0.25) is 12.1 Å². The van der Waals surface area contributed by atoms with Gasteiger partial charge in [0.25, 0.3) is 0 Å². The number of rotatable bonds is 6. The second kappa shape index (κ2) is 14.4. The van der Waals surface area contributed by atoms with Gasteiger partial charge < -0.3 is 4.79 Å². The standard InChI is InChI=1S/C6H10O.C4H11ClSi/c1-2-3-4-5-6-7;1-3-6(5)4-2/h2,6H,1,3-5H2;6H,3-4H2,1-2H3. The lowest BCUT2D eigenvalue weighted by atomic mass is 10.2. The molecule has 0 rings (SSSR count). The van der Waals surface area contributed by atoms with Crippen LogP contribution in [0.4, 0.5) is 0 Å². The van der Waals surface area contributed by atoms with Crippen LogP contribution in [0.15, 0.2) is 12.7 Å². The molecule has 13 heavy (non-hydrogen) atoms. The van der Waals surface area contributed by atoms with Gasteiger partial charge in [0.15, 0.2) is 0 Å². The van der Waals surface area contributed by atoms with Crippen LogP contribution in [-0.2, 0) is 4.79 Å². The SMILES string of the molecule is C=CCCCC=O.CC[SiH](Cl)CC. The molecule has 0 saturated carbocycles. The number of carbonyl (C=O) groups is 1. The summed E-state index contributed by atoms with van der Waals surface area (Å²) in [5.74, 6) is 0. The van der Waals surface area contributed by atoms with Crippen LogP contribution in [0.3, 0.4) is 0 Å². The van der Waals surface area contributed by atoms with Gasteiger partial charge in [-0.2, -0.15) is 11.1 Å². The van der Waals surface area contributed by atoms with Crippen LogP contribution in [-0.4, -0.2) is 14.4 Å². The Morgan fingerprint density at radius 3 is 2.08 bits per heavy atom. The molecule has 3 heteroatoms. The molecule has 0 aromatic rings. The van der Waals surface area contributed by atoms with Crippen LogP contribution >= 0.6 is 11.1 Å². The number of hydrogen-bond donors (Lipinski definition) is 0. The van der Waals surface area contributed by atoms with E-state index in [9.17, 15) is 4.79 Å². The molecule has 0 aliphatic rings. The van der Waals surface area contributed by atoms with Crippen molar-refractivity contribution in [2.75, 3.05) is 0 Å². The highest BCUT2D eigenvalue weighted by Crippen LogP contribution is 2.00. The zero-order valence-corrected chi connectivity index (χ0v) is 10.7. The van der Waals surface area contributed by atoms with Crippen molar-refractivity contribution in [1.29, 1.82) is 0 Å². The third kappa shape index (κ3) is 18.7. The first-order chi connectivity index (χ1) is 6.22. The zero-order valence-electron chi connectivity index (χ0n) is 8.76. The highest BCUT2D eigenvalue weighted by Gasteiger charge is 1.95. The van der Waals surface area contributed by atoms with Crippen LogP contribution < -0.4 is 0 Å². The van der Waals surface area contributed by atoms with Gasteiger partial charge in [-0.15, -0.1) is 6.58 Å². The quantitative estimate of drug-likeness (QED) is 0.220. The maximum absolute atomic E-state index is 9.65. The van der Waals surface area contributed by atoms with Crippen LogP contribution in [0.1, 0.15) is 33.1 Å². The molecule has 78 valence electrons. The van der Waals surface area contributed by atoms with Gasteiger partial charge in [-0.1, -0.05) is 19.9 Å².